The van der Waals surface area contributed by atoms with Crippen molar-refractivity contribution < 1.29 is 18.4 Å². The van der Waals surface area contributed by atoms with Gasteiger partial charge in [0.1, 0.15) is 5.82 Å². The van der Waals surface area contributed by atoms with Gasteiger partial charge in [-0.2, -0.15) is 5.10 Å². The zero-order valence-electron chi connectivity index (χ0n) is 10.0. The molecule has 0 bridgehead atoms. The maximum atomic E-state index is 12.2. The summed E-state index contributed by atoms with van der Waals surface area (Å²) in [5.41, 5.74) is 5.61. The molecule has 0 unspecified atom stereocenters. The summed E-state index contributed by atoms with van der Waals surface area (Å²) < 4.78 is 31.8. The van der Waals surface area contributed by atoms with Crippen molar-refractivity contribution in [3.8, 4) is 0 Å². The van der Waals surface area contributed by atoms with Crippen molar-refractivity contribution in [3.05, 3.63) is 11.8 Å². The lowest BCUT2D eigenvalue weighted by atomic mass is 10.2. The van der Waals surface area contributed by atoms with Crippen LogP contribution in [0.5, 0.6) is 0 Å². The number of aromatic amines is 1. The number of anilines is 1. The largest absolute Gasteiger partial charge is 0.409 e. The zero-order valence-corrected chi connectivity index (χ0v) is 10.9. The van der Waals surface area contributed by atoms with Crippen molar-refractivity contribution in [3.63, 3.8) is 0 Å². The lowest BCUT2D eigenvalue weighted by Crippen LogP contribution is -2.33. The Labute approximate surface area is 109 Å². The molecule has 1 fully saturated rings. The molecule has 9 nitrogen and oxygen atoms in total. The Morgan fingerprint density at radius 1 is 1.58 bits per heavy atom. The fraction of sp³-hybridized carbons (Fsp3) is 0.556. The maximum absolute atomic E-state index is 12.2. The SMILES string of the molecule is NC(=NO)c1cn[nH]c1NS(=O)(=O)C1CCOCC1. The third kappa shape index (κ3) is 2.96. The van der Waals surface area contributed by atoms with Gasteiger partial charge in [0, 0.05) is 13.2 Å². The number of ether oxygens (including phenoxy) is 1. The van der Waals surface area contributed by atoms with Crippen molar-refractivity contribution >= 4 is 21.7 Å². The van der Waals surface area contributed by atoms with Crippen molar-refractivity contribution in [1.82, 2.24) is 10.2 Å². The van der Waals surface area contributed by atoms with E-state index in [2.05, 4.69) is 20.1 Å². The number of rotatable bonds is 4. The Hall–Kier alpha value is -1.81. The molecular formula is C9H15N5O4S. The first-order chi connectivity index (χ1) is 9.04. The standard InChI is InChI=1S/C9H15N5O4S/c10-8(13-15)7-5-11-12-9(7)14-19(16,17)6-1-3-18-4-2-6/h5-6,15H,1-4H2,(H2,10,13)(H2,11,12,14). The molecule has 0 radical (unpaired) electrons. The van der Waals surface area contributed by atoms with Crippen LogP contribution >= 0.6 is 0 Å². The Morgan fingerprint density at radius 3 is 2.89 bits per heavy atom. The van der Waals surface area contributed by atoms with Gasteiger partial charge in [0.15, 0.2) is 5.84 Å². The van der Waals surface area contributed by atoms with E-state index < -0.39 is 15.3 Å². The van der Waals surface area contributed by atoms with E-state index in [0.717, 1.165) is 0 Å². The molecule has 0 aliphatic carbocycles. The minimum atomic E-state index is -3.56. The number of sulfonamides is 1. The quantitative estimate of drug-likeness (QED) is 0.253. The number of hydrogen-bond donors (Lipinski definition) is 4. The summed E-state index contributed by atoms with van der Waals surface area (Å²) in [4.78, 5) is 0. The van der Waals surface area contributed by atoms with Crippen LogP contribution in [0.1, 0.15) is 18.4 Å². The van der Waals surface area contributed by atoms with Crippen LogP contribution in [-0.4, -0.2) is 48.1 Å². The van der Waals surface area contributed by atoms with Gasteiger partial charge in [-0.1, -0.05) is 5.16 Å². The van der Waals surface area contributed by atoms with Crippen LogP contribution in [0.4, 0.5) is 5.82 Å². The number of hydrogen-bond acceptors (Lipinski definition) is 6. The van der Waals surface area contributed by atoms with E-state index in [1.54, 1.807) is 0 Å². The molecule has 2 rings (SSSR count). The Kier molecular flexibility index (Phi) is 3.90. The predicted molar refractivity (Wildman–Crippen MR) is 67.5 cm³/mol. The smallest absolute Gasteiger partial charge is 0.236 e. The van der Waals surface area contributed by atoms with Gasteiger partial charge in [0.2, 0.25) is 10.0 Å². The molecule has 1 aromatic rings. The zero-order chi connectivity index (χ0) is 13.9. The summed E-state index contributed by atoms with van der Waals surface area (Å²) in [6, 6.07) is 0. The fourth-order valence-corrected chi connectivity index (χ4v) is 3.24. The van der Waals surface area contributed by atoms with Gasteiger partial charge in [-0.05, 0) is 12.8 Å². The molecule has 1 saturated heterocycles. The lowest BCUT2D eigenvalue weighted by Gasteiger charge is -2.22. The van der Waals surface area contributed by atoms with E-state index in [-0.39, 0.29) is 17.2 Å². The molecule has 19 heavy (non-hydrogen) atoms. The van der Waals surface area contributed by atoms with Crippen LogP contribution in [0.25, 0.3) is 0 Å². The van der Waals surface area contributed by atoms with Crippen LogP contribution in [0.2, 0.25) is 0 Å². The summed E-state index contributed by atoms with van der Waals surface area (Å²) in [5, 5.41) is 17.0. The number of oxime groups is 1. The average molecular weight is 289 g/mol. The highest BCUT2D eigenvalue weighted by Gasteiger charge is 2.29. The summed E-state index contributed by atoms with van der Waals surface area (Å²) in [7, 11) is -3.56. The van der Waals surface area contributed by atoms with Gasteiger partial charge in [-0.25, -0.2) is 8.42 Å². The highest BCUT2D eigenvalue weighted by molar-refractivity contribution is 7.93. The predicted octanol–water partition coefficient (Wildman–Crippen LogP) is -0.575. The molecule has 0 saturated carbocycles. The van der Waals surface area contributed by atoms with Crippen molar-refractivity contribution in [2.45, 2.75) is 18.1 Å². The second-order valence-corrected chi connectivity index (χ2v) is 6.06. The van der Waals surface area contributed by atoms with Gasteiger partial charge < -0.3 is 15.7 Å². The van der Waals surface area contributed by atoms with Gasteiger partial charge >= 0.3 is 0 Å². The second kappa shape index (κ2) is 5.45. The first-order valence-electron chi connectivity index (χ1n) is 5.65. The third-order valence-electron chi connectivity index (χ3n) is 2.87. The minimum Gasteiger partial charge on any atom is -0.409 e. The molecule has 0 atom stereocenters. The second-order valence-electron chi connectivity index (χ2n) is 4.10. The fourth-order valence-electron chi connectivity index (χ4n) is 1.82. The lowest BCUT2D eigenvalue weighted by molar-refractivity contribution is 0.0984. The number of aromatic nitrogens is 2. The van der Waals surface area contributed by atoms with Crippen LogP contribution in [0.3, 0.4) is 0 Å². The number of amidine groups is 1. The van der Waals surface area contributed by atoms with Gasteiger partial charge in [0.05, 0.1) is 17.0 Å². The van der Waals surface area contributed by atoms with Gasteiger partial charge in [0.25, 0.3) is 0 Å². The highest BCUT2D eigenvalue weighted by atomic mass is 32.2. The van der Waals surface area contributed by atoms with E-state index in [1.807, 2.05) is 0 Å². The van der Waals surface area contributed by atoms with Crippen molar-refractivity contribution in [2.75, 3.05) is 17.9 Å². The normalized spacial score (nSPS) is 18.4. The van der Waals surface area contributed by atoms with Crippen molar-refractivity contribution in [2.24, 2.45) is 10.9 Å². The molecule has 2 heterocycles. The van der Waals surface area contributed by atoms with Crippen LogP contribution in [0, 0.1) is 0 Å². The average Bonchev–Trinajstić information content (AvgIpc) is 2.86. The molecule has 5 N–H and O–H groups in total. The molecule has 1 aliphatic rings. The first kappa shape index (κ1) is 13.6. The van der Waals surface area contributed by atoms with E-state index in [1.165, 1.54) is 6.20 Å². The van der Waals surface area contributed by atoms with Crippen LogP contribution in [-0.2, 0) is 14.8 Å². The third-order valence-corrected chi connectivity index (χ3v) is 4.71. The summed E-state index contributed by atoms with van der Waals surface area (Å²) in [6.07, 6.45) is 2.14. The molecule has 0 aromatic carbocycles. The molecule has 10 heteroatoms. The van der Waals surface area contributed by atoms with Crippen LogP contribution < -0.4 is 10.5 Å². The molecule has 0 spiro atoms. The Balaban J connectivity index is 2.18. The first-order valence-corrected chi connectivity index (χ1v) is 7.20. The van der Waals surface area contributed by atoms with Crippen LogP contribution in [0.15, 0.2) is 11.4 Å². The number of nitrogens with zero attached hydrogens (tertiary/aromatic N) is 2. The number of nitrogens with two attached hydrogens (primary N) is 1. The van der Waals surface area contributed by atoms with E-state index in [4.69, 9.17) is 15.7 Å². The minimum absolute atomic E-state index is 0.0850. The number of nitrogens with one attached hydrogen (secondary N) is 2. The van der Waals surface area contributed by atoms with Gasteiger partial charge in [-0.3, -0.25) is 9.82 Å². The molecule has 1 aromatic heterocycles. The monoisotopic (exact) mass is 289 g/mol. The van der Waals surface area contributed by atoms with Crippen molar-refractivity contribution in [1.29, 1.82) is 0 Å². The molecule has 106 valence electrons. The molecular weight excluding hydrogens is 274 g/mol. The Morgan fingerprint density at radius 2 is 2.26 bits per heavy atom. The van der Waals surface area contributed by atoms with E-state index >= 15 is 0 Å². The maximum Gasteiger partial charge on any atom is 0.236 e. The number of H-pyrrole nitrogens is 1. The topological polar surface area (TPSA) is 143 Å². The van der Waals surface area contributed by atoms with Gasteiger partial charge in [-0.15, -0.1) is 0 Å². The molecule has 1 aliphatic heterocycles. The van der Waals surface area contributed by atoms with E-state index in [0.29, 0.717) is 26.1 Å². The highest BCUT2D eigenvalue weighted by Crippen LogP contribution is 2.20. The summed E-state index contributed by atoms with van der Waals surface area (Å²) in [6.45, 7) is 0.837. The molecule has 0 amide bonds. The summed E-state index contributed by atoms with van der Waals surface area (Å²) >= 11 is 0. The summed E-state index contributed by atoms with van der Waals surface area (Å²) in [5.74, 6) is -0.139. The van der Waals surface area contributed by atoms with E-state index in [9.17, 15) is 8.42 Å². The Bertz CT molecular complexity index is 561.